The van der Waals surface area contributed by atoms with Gasteiger partial charge in [0.2, 0.25) is 0 Å². The molecule has 0 fully saturated rings. The number of hydrogen-bond acceptors (Lipinski definition) is 1. The smallest absolute Gasteiger partial charge is 0.314 e. The molecule has 0 atom stereocenters. The summed E-state index contributed by atoms with van der Waals surface area (Å²) < 4.78 is 0. The Hall–Kier alpha value is -1.71. The summed E-state index contributed by atoms with van der Waals surface area (Å²) in [6, 6.07) is 15.5. The van der Waals surface area contributed by atoms with Gasteiger partial charge in [-0.3, -0.25) is 0 Å². The highest BCUT2D eigenvalue weighted by atomic mass is 35.5. The van der Waals surface area contributed by atoms with Gasteiger partial charge in [0, 0.05) is 23.1 Å². The van der Waals surface area contributed by atoms with Crippen molar-refractivity contribution < 1.29 is 4.79 Å². The lowest BCUT2D eigenvalue weighted by molar-refractivity contribution is 0.241. The number of amides is 2. The number of nitrogens with one attached hydrogen (secondary N) is 2. The molecule has 0 unspecified atom stereocenters. The minimum atomic E-state index is -0.150. The number of urea groups is 1. The molecule has 2 aromatic carbocycles. The van der Waals surface area contributed by atoms with E-state index >= 15 is 0 Å². The molecule has 5 heteroatoms. The molecule has 0 aromatic heterocycles. The van der Waals surface area contributed by atoms with Gasteiger partial charge in [0.15, 0.2) is 0 Å². The fourth-order valence-electron chi connectivity index (χ4n) is 2.24. The second kappa shape index (κ2) is 9.43. The van der Waals surface area contributed by atoms with E-state index in [0.717, 1.165) is 18.4 Å². The van der Waals surface area contributed by atoms with Crippen LogP contribution < -0.4 is 10.6 Å². The van der Waals surface area contributed by atoms with Gasteiger partial charge in [0.05, 0.1) is 0 Å². The lowest BCUT2D eigenvalue weighted by Gasteiger charge is -2.09. The van der Waals surface area contributed by atoms with E-state index in [1.165, 1.54) is 5.56 Å². The van der Waals surface area contributed by atoms with Crippen LogP contribution in [-0.4, -0.2) is 19.1 Å². The summed E-state index contributed by atoms with van der Waals surface area (Å²) in [4.78, 5) is 11.7. The molecule has 0 aliphatic carbocycles. The van der Waals surface area contributed by atoms with Crippen molar-refractivity contribution in [3.63, 3.8) is 0 Å². The van der Waals surface area contributed by atoms with Crippen LogP contribution in [-0.2, 0) is 12.8 Å². The molecule has 0 aliphatic heterocycles. The standard InChI is InChI=1S/C18H20Cl2N2O/c19-16-9-8-15(17(20)13-16)10-12-22-18(23)21-11-4-7-14-5-2-1-3-6-14/h1-3,5-6,8-9,13H,4,7,10-12H2,(H2,21,22,23). The van der Waals surface area contributed by atoms with Crippen LogP contribution in [0.5, 0.6) is 0 Å². The van der Waals surface area contributed by atoms with Gasteiger partial charge in [0.1, 0.15) is 0 Å². The van der Waals surface area contributed by atoms with Gasteiger partial charge in [-0.2, -0.15) is 0 Å². The maximum Gasteiger partial charge on any atom is 0.314 e. The van der Waals surface area contributed by atoms with Crippen molar-refractivity contribution in [3.8, 4) is 0 Å². The summed E-state index contributed by atoms with van der Waals surface area (Å²) in [5.41, 5.74) is 2.26. The molecule has 0 aliphatic rings. The fourth-order valence-corrected chi connectivity index (χ4v) is 2.74. The largest absolute Gasteiger partial charge is 0.338 e. The summed E-state index contributed by atoms with van der Waals surface area (Å²) >= 11 is 11.9. The third-order valence-electron chi connectivity index (χ3n) is 3.47. The molecule has 122 valence electrons. The first-order valence-corrected chi connectivity index (χ1v) is 8.40. The summed E-state index contributed by atoms with van der Waals surface area (Å²) in [7, 11) is 0. The van der Waals surface area contributed by atoms with Crippen LogP contribution in [0.15, 0.2) is 48.5 Å². The monoisotopic (exact) mass is 350 g/mol. The topological polar surface area (TPSA) is 41.1 Å². The zero-order chi connectivity index (χ0) is 16.5. The van der Waals surface area contributed by atoms with E-state index in [9.17, 15) is 4.79 Å². The van der Waals surface area contributed by atoms with Gasteiger partial charge < -0.3 is 10.6 Å². The summed E-state index contributed by atoms with van der Waals surface area (Å²) in [5.74, 6) is 0. The molecular formula is C18H20Cl2N2O. The van der Waals surface area contributed by atoms with Crippen LogP contribution in [0, 0.1) is 0 Å². The Morgan fingerprint density at radius 2 is 1.65 bits per heavy atom. The fraction of sp³-hybridized carbons (Fsp3) is 0.278. The third kappa shape index (κ3) is 6.51. The van der Waals surface area contributed by atoms with Gasteiger partial charge in [-0.15, -0.1) is 0 Å². The van der Waals surface area contributed by atoms with Crippen LogP contribution in [0.2, 0.25) is 10.0 Å². The van der Waals surface area contributed by atoms with Gasteiger partial charge in [-0.25, -0.2) is 4.79 Å². The van der Waals surface area contributed by atoms with E-state index in [0.29, 0.717) is 29.6 Å². The van der Waals surface area contributed by atoms with Crippen molar-refractivity contribution in [2.75, 3.05) is 13.1 Å². The number of carbonyl (C=O) groups is 1. The minimum absolute atomic E-state index is 0.150. The number of halogens is 2. The average molecular weight is 351 g/mol. The highest BCUT2D eigenvalue weighted by molar-refractivity contribution is 6.35. The van der Waals surface area contributed by atoms with Crippen LogP contribution in [0.3, 0.4) is 0 Å². The second-order valence-electron chi connectivity index (χ2n) is 5.26. The SMILES string of the molecule is O=C(NCCCc1ccccc1)NCCc1ccc(Cl)cc1Cl. The van der Waals surface area contributed by atoms with Crippen molar-refractivity contribution in [2.24, 2.45) is 0 Å². The van der Waals surface area contributed by atoms with Gasteiger partial charge in [0.25, 0.3) is 0 Å². The number of carbonyl (C=O) groups excluding carboxylic acids is 1. The highest BCUT2D eigenvalue weighted by Gasteiger charge is 2.03. The van der Waals surface area contributed by atoms with Crippen molar-refractivity contribution in [1.29, 1.82) is 0 Å². The zero-order valence-electron chi connectivity index (χ0n) is 12.8. The van der Waals surface area contributed by atoms with Crippen molar-refractivity contribution in [1.82, 2.24) is 10.6 Å². The third-order valence-corrected chi connectivity index (χ3v) is 4.05. The molecule has 0 saturated carbocycles. The molecule has 0 bridgehead atoms. The number of benzene rings is 2. The van der Waals surface area contributed by atoms with E-state index in [-0.39, 0.29) is 6.03 Å². The first-order chi connectivity index (χ1) is 11.1. The van der Waals surface area contributed by atoms with Crippen molar-refractivity contribution in [2.45, 2.75) is 19.3 Å². The minimum Gasteiger partial charge on any atom is -0.338 e. The van der Waals surface area contributed by atoms with Crippen LogP contribution in [0.4, 0.5) is 4.79 Å². The predicted octanol–water partition coefficient (Wildman–Crippen LogP) is 4.47. The molecule has 0 spiro atoms. The Balaban J connectivity index is 1.60. The molecule has 2 N–H and O–H groups in total. The van der Waals surface area contributed by atoms with E-state index in [4.69, 9.17) is 23.2 Å². The normalized spacial score (nSPS) is 10.3. The number of aryl methyl sites for hydroxylation is 1. The molecule has 23 heavy (non-hydrogen) atoms. The molecule has 0 radical (unpaired) electrons. The maximum atomic E-state index is 11.7. The molecule has 2 rings (SSSR count). The van der Waals surface area contributed by atoms with Crippen molar-refractivity contribution in [3.05, 3.63) is 69.7 Å². The maximum absolute atomic E-state index is 11.7. The first kappa shape index (κ1) is 17.6. The lowest BCUT2D eigenvalue weighted by Crippen LogP contribution is -2.37. The summed E-state index contributed by atoms with van der Waals surface area (Å²) in [6.07, 6.45) is 2.55. The van der Waals surface area contributed by atoms with Crippen LogP contribution in [0.1, 0.15) is 17.5 Å². The second-order valence-corrected chi connectivity index (χ2v) is 6.10. The summed E-state index contributed by atoms with van der Waals surface area (Å²) in [6.45, 7) is 1.19. The first-order valence-electron chi connectivity index (χ1n) is 7.65. The van der Waals surface area contributed by atoms with Gasteiger partial charge in [-0.05, 0) is 42.5 Å². The molecule has 0 saturated heterocycles. The van der Waals surface area contributed by atoms with E-state index in [1.54, 1.807) is 12.1 Å². The predicted molar refractivity (Wildman–Crippen MR) is 96.3 cm³/mol. The van der Waals surface area contributed by atoms with Crippen LogP contribution in [0.25, 0.3) is 0 Å². The van der Waals surface area contributed by atoms with E-state index < -0.39 is 0 Å². The Morgan fingerprint density at radius 3 is 2.39 bits per heavy atom. The Morgan fingerprint density at radius 1 is 0.913 bits per heavy atom. The number of hydrogen-bond donors (Lipinski definition) is 2. The van der Waals surface area contributed by atoms with Crippen LogP contribution >= 0.6 is 23.2 Å². The Kier molecular flexibility index (Phi) is 7.24. The van der Waals surface area contributed by atoms with E-state index in [2.05, 4.69) is 22.8 Å². The van der Waals surface area contributed by atoms with Crippen molar-refractivity contribution >= 4 is 29.2 Å². The Labute approximate surface area is 147 Å². The summed E-state index contributed by atoms with van der Waals surface area (Å²) in [5, 5.41) is 6.93. The average Bonchev–Trinajstić information content (AvgIpc) is 2.55. The van der Waals surface area contributed by atoms with E-state index in [1.807, 2.05) is 24.3 Å². The van der Waals surface area contributed by atoms with Gasteiger partial charge in [-0.1, -0.05) is 59.6 Å². The molecule has 0 heterocycles. The van der Waals surface area contributed by atoms with Gasteiger partial charge >= 0.3 is 6.03 Å². The molecule has 2 amide bonds. The lowest BCUT2D eigenvalue weighted by atomic mass is 10.1. The molecule has 3 nitrogen and oxygen atoms in total. The number of rotatable bonds is 7. The molecule has 2 aromatic rings. The quantitative estimate of drug-likeness (QED) is 0.710. The zero-order valence-corrected chi connectivity index (χ0v) is 14.3. The molecular weight excluding hydrogens is 331 g/mol. The Bertz CT molecular complexity index is 632. The highest BCUT2D eigenvalue weighted by Crippen LogP contribution is 2.20.